The molecule has 0 aromatic heterocycles. The van der Waals surface area contributed by atoms with Crippen LogP contribution in [0.5, 0.6) is 11.5 Å². The molecule has 0 aliphatic carbocycles. The van der Waals surface area contributed by atoms with Gasteiger partial charge in [0.25, 0.3) is 0 Å². The number of nitrogens with zero attached hydrogens (tertiary/aromatic N) is 1. The Morgan fingerprint density at radius 1 is 1.12 bits per heavy atom. The zero-order valence-electron chi connectivity index (χ0n) is 12.8. The highest BCUT2D eigenvalue weighted by molar-refractivity contribution is 6.41. The summed E-state index contributed by atoms with van der Waals surface area (Å²) < 4.78 is 10.3. The van der Waals surface area contributed by atoms with Crippen LogP contribution >= 0.6 is 11.6 Å². The molecule has 2 N–H and O–H groups in total. The van der Waals surface area contributed by atoms with E-state index in [0.717, 1.165) is 5.69 Å². The quantitative estimate of drug-likeness (QED) is 0.346. The van der Waals surface area contributed by atoms with Crippen molar-refractivity contribution < 1.29 is 19.4 Å². The van der Waals surface area contributed by atoms with E-state index in [4.69, 9.17) is 21.1 Å². The van der Waals surface area contributed by atoms with Gasteiger partial charge in [-0.3, -0.25) is 5.43 Å². The highest BCUT2D eigenvalue weighted by Crippen LogP contribution is 2.21. The van der Waals surface area contributed by atoms with E-state index >= 15 is 0 Å². The molecule has 0 amide bonds. The van der Waals surface area contributed by atoms with Crippen molar-refractivity contribution in [3.8, 4) is 11.5 Å². The lowest BCUT2D eigenvalue weighted by atomic mass is 10.3. The number of methoxy groups -OCH3 is 1. The molecular weight excluding hydrogens is 332 g/mol. The Bertz CT molecular complexity index is 743. The Kier molecular flexibility index (Phi) is 6.22. The second-order valence-electron chi connectivity index (χ2n) is 4.50. The third-order valence-electron chi connectivity index (χ3n) is 2.84. The smallest absolute Gasteiger partial charge is 0.373 e. The van der Waals surface area contributed by atoms with Crippen LogP contribution in [0.4, 0.5) is 5.69 Å². The van der Waals surface area contributed by atoms with E-state index in [9.17, 15) is 9.90 Å². The minimum absolute atomic E-state index is 0.151. The van der Waals surface area contributed by atoms with Gasteiger partial charge in [-0.05, 0) is 36.4 Å². The fraction of sp³-hybridized carbons (Fsp3) is 0.0588. The van der Waals surface area contributed by atoms with Gasteiger partial charge in [-0.1, -0.05) is 29.8 Å². The molecule has 2 aromatic carbocycles. The number of carbonyl (C=O) groups is 1. The topological polar surface area (TPSA) is 80.2 Å². The van der Waals surface area contributed by atoms with Crippen LogP contribution in [0.25, 0.3) is 0 Å². The molecule has 0 bridgehead atoms. The molecule has 7 heteroatoms. The normalized spacial score (nSPS) is 11.8. The number of ether oxygens (including phenoxy) is 2. The Balaban J connectivity index is 2.11. The van der Waals surface area contributed by atoms with Crippen LogP contribution in [-0.4, -0.2) is 24.4 Å². The molecule has 6 nitrogen and oxygen atoms in total. The van der Waals surface area contributed by atoms with Gasteiger partial charge in [-0.15, -0.1) is 0 Å². The number of hydrogen-bond donors (Lipinski definition) is 2. The first-order chi connectivity index (χ1) is 11.6. The van der Waals surface area contributed by atoms with Crippen molar-refractivity contribution in [2.24, 2.45) is 5.10 Å². The van der Waals surface area contributed by atoms with Crippen LogP contribution in [0.1, 0.15) is 0 Å². The molecule has 0 saturated carbocycles. The van der Waals surface area contributed by atoms with Gasteiger partial charge in [0.15, 0.2) is 0 Å². The lowest BCUT2D eigenvalue weighted by Crippen LogP contribution is -2.10. The van der Waals surface area contributed by atoms with Crippen molar-refractivity contribution in [2.45, 2.75) is 0 Å². The van der Waals surface area contributed by atoms with E-state index in [2.05, 4.69) is 10.5 Å². The van der Waals surface area contributed by atoms with Crippen molar-refractivity contribution in [2.75, 3.05) is 12.5 Å². The predicted octanol–water partition coefficient (Wildman–Crippen LogP) is 3.71. The molecule has 0 aliphatic heterocycles. The molecule has 2 rings (SSSR count). The molecule has 124 valence electrons. The monoisotopic (exact) mass is 346 g/mol. The van der Waals surface area contributed by atoms with Gasteiger partial charge >= 0.3 is 5.97 Å². The number of carboxylic acid groups (broad SMARTS) is 1. The van der Waals surface area contributed by atoms with Gasteiger partial charge < -0.3 is 14.6 Å². The summed E-state index contributed by atoms with van der Waals surface area (Å²) in [6.45, 7) is 0. The number of aliphatic carboxylic acids is 1. The molecule has 0 atom stereocenters. The molecule has 0 spiro atoms. The zero-order valence-corrected chi connectivity index (χ0v) is 13.5. The number of anilines is 1. The summed E-state index contributed by atoms with van der Waals surface area (Å²) in [6.07, 6.45) is 1.17. The van der Waals surface area contributed by atoms with Crippen LogP contribution in [-0.2, 0) is 4.79 Å². The fourth-order valence-corrected chi connectivity index (χ4v) is 1.86. The third kappa shape index (κ3) is 5.03. The first kappa shape index (κ1) is 17.4. The Labute approximate surface area is 144 Å². The fourth-order valence-electron chi connectivity index (χ4n) is 1.69. The number of hydrogen-bond acceptors (Lipinski definition) is 5. The standard InChI is InChI=1S/C17H15ClN2O4/c1-23-13-7-9-14(10-8-13)24-16(17(21)22)15(18)11-19-20-12-5-3-2-4-6-12/h2-11,20H,1H3,(H,21,22)/b16-15+,19-11+. The number of para-hydroxylation sites is 1. The second-order valence-corrected chi connectivity index (χ2v) is 4.90. The van der Waals surface area contributed by atoms with E-state index < -0.39 is 11.7 Å². The van der Waals surface area contributed by atoms with Crippen molar-refractivity contribution in [3.05, 3.63) is 65.4 Å². The molecular formula is C17H15ClN2O4. The van der Waals surface area contributed by atoms with Gasteiger partial charge in [-0.25, -0.2) is 4.79 Å². The van der Waals surface area contributed by atoms with Crippen molar-refractivity contribution >= 4 is 29.5 Å². The Morgan fingerprint density at radius 3 is 2.33 bits per heavy atom. The SMILES string of the molecule is COc1ccc(O/C(C(=O)O)=C(Cl)\C=N\Nc2ccccc2)cc1. The van der Waals surface area contributed by atoms with Crippen LogP contribution in [0.2, 0.25) is 0 Å². The number of allylic oxidation sites excluding steroid dienone is 1. The number of hydrazone groups is 1. The summed E-state index contributed by atoms with van der Waals surface area (Å²) in [5, 5.41) is 13.0. The summed E-state index contributed by atoms with van der Waals surface area (Å²) in [6, 6.07) is 15.6. The van der Waals surface area contributed by atoms with Gasteiger partial charge in [0.05, 0.1) is 19.0 Å². The molecule has 0 aliphatic rings. The number of nitrogens with one attached hydrogen (secondary N) is 1. The maximum Gasteiger partial charge on any atom is 0.373 e. The van der Waals surface area contributed by atoms with E-state index in [-0.39, 0.29) is 5.03 Å². The summed E-state index contributed by atoms with van der Waals surface area (Å²) in [5.74, 6) is -0.791. The van der Waals surface area contributed by atoms with Crippen molar-refractivity contribution in [1.29, 1.82) is 0 Å². The average molecular weight is 347 g/mol. The van der Waals surface area contributed by atoms with Crippen molar-refractivity contribution in [1.82, 2.24) is 0 Å². The van der Waals surface area contributed by atoms with Gasteiger partial charge in [0.2, 0.25) is 5.76 Å². The summed E-state index contributed by atoms with van der Waals surface area (Å²) >= 11 is 5.98. The van der Waals surface area contributed by atoms with Crippen LogP contribution in [0.15, 0.2) is 70.5 Å². The van der Waals surface area contributed by atoms with Crippen LogP contribution in [0.3, 0.4) is 0 Å². The summed E-state index contributed by atoms with van der Waals surface area (Å²) in [5.41, 5.74) is 3.48. The highest BCUT2D eigenvalue weighted by Gasteiger charge is 2.15. The van der Waals surface area contributed by atoms with Gasteiger partial charge in [0.1, 0.15) is 16.5 Å². The maximum absolute atomic E-state index is 11.3. The average Bonchev–Trinajstić information content (AvgIpc) is 2.60. The van der Waals surface area contributed by atoms with E-state index in [0.29, 0.717) is 11.5 Å². The Morgan fingerprint density at radius 2 is 1.75 bits per heavy atom. The first-order valence-corrected chi connectivity index (χ1v) is 7.27. The molecule has 0 saturated heterocycles. The van der Waals surface area contributed by atoms with E-state index in [1.165, 1.54) is 13.3 Å². The van der Waals surface area contributed by atoms with E-state index in [1.807, 2.05) is 18.2 Å². The van der Waals surface area contributed by atoms with Crippen LogP contribution < -0.4 is 14.9 Å². The molecule has 2 aromatic rings. The molecule has 24 heavy (non-hydrogen) atoms. The van der Waals surface area contributed by atoms with Crippen LogP contribution in [0, 0.1) is 0 Å². The number of rotatable bonds is 7. The number of carboxylic acids is 1. The lowest BCUT2D eigenvalue weighted by molar-refractivity contribution is -0.135. The zero-order chi connectivity index (χ0) is 17.4. The minimum Gasteiger partial charge on any atom is -0.497 e. The van der Waals surface area contributed by atoms with Crippen molar-refractivity contribution in [3.63, 3.8) is 0 Å². The highest BCUT2D eigenvalue weighted by atomic mass is 35.5. The maximum atomic E-state index is 11.3. The summed E-state index contributed by atoms with van der Waals surface area (Å²) in [7, 11) is 1.53. The van der Waals surface area contributed by atoms with Gasteiger partial charge in [0, 0.05) is 0 Å². The number of benzene rings is 2. The molecule has 0 radical (unpaired) electrons. The van der Waals surface area contributed by atoms with Gasteiger partial charge in [-0.2, -0.15) is 5.10 Å². The molecule has 0 heterocycles. The predicted molar refractivity (Wildman–Crippen MR) is 92.7 cm³/mol. The third-order valence-corrected chi connectivity index (χ3v) is 3.11. The molecule has 0 unspecified atom stereocenters. The summed E-state index contributed by atoms with van der Waals surface area (Å²) in [4.78, 5) is 11.3. The molecule has 0 fully saturated rings. The number of halogens is 1. The Hall–Kier alpha value is -2.99. The minimum atomic E-state index is -1.30. The van der Waals surface area contributed by atoms with E-state index in [1.54, 1.807) is 36.4 Å². The second kappa shape index (κ2) is 8.59. The lowest BCUT2D eigenvalue weighted by Gasteiger charge is -2.08. The largest absolute Gasteiger partial charge is 0.497 e. The first-order valence-electron chi connectivity index (χ1n) is 6.89.